The van der Waals surface area contributed by atoms with Gasteiger partial charge in [-0.25, -0.2) is 0 Å². The van der Waals surface area contributed by atoms with Crippen molar-refractivity contribution in [3.05, 3.63) is 69.2 Å². The summed E-state index contributed by atoms with van der Waals surface area (Å²) in [6, 6.07) is 15.3. The first-order chi connectivity index (χ1) is 15.0. The molecule has 31 heavy (non-hydrogen) atoms. The average Bonchev–Trinajstić information content (AvgIpc) is 3.14. The number of hydrogen-bond acceptors (Lipinski definition) is 4. The van der Waals surface area contributed by atoms with Gasteiger partial charge in [0.2, 0.25) is 5.91 Å². The molecule has 4 rings (SSSR count). The Hall–Kier alpha value is -3.39. The molecule has 2 heterocycles. The fourth-order valence-corrected chi connectivity index (χ4v) is 4.01. The van der Waals surface area contributed by atoms with Crippen molar-refractivity contribution in [1.29, 1.82) is 0 Å². The molecule has 0 aliphatic carbocycles. The maximum atomic E-state index is 13.0. The Kier molecular flexibility index (Phi) is 5.90. The van der Waals surface area contributed by atoms with E-state index in [1.165, 1.54) is 4.57 Å². The van der Waals surface area contributed by atoms with Crippen molar-refractivity contribution in [2.75, 3.05) is 7.11 Å². The highest BCUT2D eigenvalue weighted by Gasteiger charge is 2.13. The number of nitrogens with zero attached hydrogens (tertiary/aromatic N) is 1. The summed E-state index contributed by atoms with van der Waals surface area (Å²) in [6.07, 6.45) is 0.810. The van der Waals surface area contributed by atoms with Gasteiger partial charge in [-0.15, -0.1) is 0 Å². The van der Waals surface area contributed by atoms with Gasteiger partial charge in [-0.05, 0) is 49.3 Å². The Balaban J connectivity index is 1.48. The molecule has 0 spiro atoms. The van der Waals surface area contributed by atoms with Crippen LogP contribution in [0.25, 0.3) is 21.9 Å². The molecule has 0 bridgehead atoms. The highest BCUT2D eigenvalue weighted by atomic mass is 32.1. The molecule has 0 radical (unpaired) electrons. The molecular weight excluding hydrogens is 412 g/mol. The zero-order valence-corrected chi connectivity index (χ0v) is 18.2. The number of aromatic amines is 2. The first kappa shape index (κ1) is 20.9. The van der Waals surface area contributed by atoms with Crippen molar-refractivity contribution in [1.82, 2.24) is 19.9 Å². The van der Waals surface area contributed by atoms with Crippen LogP contribution in [0, 0.1) is 4.77 Å². The molecule has 1 atom stereocenters. The van der Waals surface area contributed by atoms with Crippen LogP contribution in [0.1, 0.15) is 31.4 Å². The van der Waals surface area contributed by atoms with E-state index in [4.69, 9.17) is 17.0 Å². The second kappa shape index (κ2) is 8.77. The summed E-state index contributed by atoms with van der Waals surface area (Å²) >= 11 is 5.43. The Morgan fingerprint density at radius 2 is 1.94 bits per heavy atom. The van der Waals surface area contributed by atoms with Crippen LogP contribution in [0.3, 0.4) is 0 Å². The molecular formula is C23H24N4O3S. The van der Waals surface area contributed by atoms with Gasteiger partial charge < -0.3 is 20.0 Å². The van der Waals surface area contributed by atoms with Crippen LogP contribution in [0.15, 0.2) is 53.3 Å². The quantitative estimate of drug-likeness (QED) is 0.379. The molecule has 0 saturated carbocycles. The lowest BCUT2D eigenvalue weighted by Gasteiger charge is -2.14. The minimum absolute atomic E-state index is 0.0573. The van der Waals surface area contributed by atoms with Crippen LogP contribution in [0.5, 0.6) is 5.75 Å². The standard InChI is InChI=1S/C23H24N4O3S/c1-14(15-7-4-3-5-8-15)24-19(28)9-6-12-27-22(29)21-20(26-23(27)31)17-13-16(30-2)10-11-18(17)25-21/h3-5,7-8,10-11,13-14,25H,6,9,12H2,1-2H3,(H,24,28)(H,26,31). The van der Waals surface area contributed by atoms with Gasteiger partial charge in [0.25, 0.3) is 5.56 Å². The van der Waals surface area contributed by atoms with Gasteiger partial charge in [0.1, 0.15) is 11.3 Å². The fourth-order valence-electron chi connectivity index (χ4n) is 3.73. The third kappa shape index (κ3) is 4.25. The Morgan fingerprint density at radius 3 is 2.68 bits per heavy atom. The number of aromatic nitrogens is 3. The number of nitrogens with one attached hydrogen (secondary N) is 3. The number of H-pyrrole nitrogens is 2. The second-order valence-corrected chi connectivity index (χ2v) is 7.86. The SMILES string of the molecule is COc1ccc2[nH]c3c(=O)n(CCCC(=O)NC(C)c4ccccc4)c(=S)[nH]c3c2c1. The number of benzene rings is 2. The van der Waals surface area contributed by atoms with Gasteiger partial charge in [-0.2, -0.15) is 0 Å². The maximum absolute atomic E-state index is 13.0. The maximum Gasteiger partial charge on any atom is 0.278 e. The van der Waals surface area contributed by atoms with E-state index >= 15 is 0 Å². The number of amides is 1. The van der Waals surface area contributed by atoms with Crippen LogP contribution in [0.4, 0.5) is 0 Å². The minimum Gasteiger partial charge on any atom is -0.497 e. The van der Waals surface area contributed by atoms with Crippen LogP contribution in [-0.2, 0) is 11.3 Å². The average molecular weight is 437 g/mol. The summed E-state index contributed by atoms with van der Waals surface area (Å²) < 4.78 is 7.11. The van der Waals surface area contributed by atoms with Gasteiger partial charge in [-0.3, -0.25) is 14.2 Å². The van der Waals surface area contributed by atoms with E-state index in [-0.39, 0.29) is 17.5 Å². The molecule has 8 heteroatoms. The second-order valence-electron chi connectivity index (χ2n) is 7.48. The monoisotopic (exact) mass is 436 g/mol. The highest BCUT2D eigenvalue weighted by molar-refractivity contribution is 7.71. The summed E-state index contributed by atoms with van der Waals surface area (Å²) in [6.45, 7) is 2.31. The van der Waals surface area contributed by atoms with Gasteiger partial charge in [0, 0.05) is 23.9 Å². The molecule has 0 aliphatic heterocycles. The van der Waals surface area contributed by atoms with Crippen molar-refractivity contribution in [3.63, 3.8) is 0 Å². The minimum atomic E-state index is -0.202. The number of hydrogen-bond donors (Lipinski definition) is 3. The number of rotatable bonds is 7. The predicted molar refractivity (Wildman–Crippen MR) is 124 cm³/mol. The smallest absolute Gasteiger partial charge is 0.278 e. The lowest BCUT2D eigenvalue weighted by atomic mass is 10.1. The van der Waals surface area contributed by atoms with Gasteiger partial charge in [0.05, 0.1) is 18.7 Å². The normalized spacial score (nSPS) is 12.2. The van der Waals surface area contributed by atoms with Crippen LogP contribution in [-0.4, -0.2) is 27.6 Å². The predicted octanol–water partition coefficient (Wildman–Crippen LogP) is 4.21. The fraction of sp³-hybridized carbons (Fsp3) is 0.261. The summed E-state index contributed by atoms with van der Waals surface area (Å²) in [4.78, 5) is 31.7. The van der Waals surface area contributed by atoms with Crippen molar-refractivity contribution >= 4 is 40.1 Å². The lowest BCUT2D eigenvalue weighted by Crippen LogP contribution is -2.27. The van der Waals surface area contributed by atoms with Crippen molar-refractivity contribution in [2.24, 2.45) is 0 Å². The van der Waals surface area contributed by atoms with E-state index in [1.807, 2.05) is 55.5 Å². The van der Waals surface area contributed by atoms with Crippen molar-refractivity contribution in [3.8, 4) is 5.75 Å². The van der Waals surface area contributed by atoms with E-state index in [0.717, 1.165) is 16.5 Å². The highest BCUT2D eigenvalue weighted by Crippen LogP contribution is 2.25. The number of carbonyl (C=O) groups is 1. The molecule has 3 N–H and O–H groups in total. The first-order valence-electron chi connectivity index (χ1n) is 10.1. The molecule has 4 aromatic rings. The lowest BCUT2D eigenvalue weighted by molar-refractivity contribution is -0.121. The van der Waals surface area contributed by atoms with E-state index in [2.05, 4.69) is 15.3 Å². The number of methoxy groups -OCH3 is 1. The Labute approximate surface area is 184 Å². The summed E-state index contributed by atoms with van der Waals surface area (Å²) in [7, 11) is 1.60. The third-order valence-electron chi connectivity index (χ3n) is 5.40. The van der Waals surface area contributed by atoms with E-state index < -0.39 is 0 Å². The number of carbonyl (C=O) groups excluding carboxylic acids is 1. The van der Waals surface area contributed by atoms with Gasteiger partial charge >= 0.3 is 0 Å². The summed E-state index contributed by atoms with van der Waals surface area (Å²) in [5, 5.41) is 3.84. The molecule has 0 saturated heterocycles. The van der Waals surface area contributed by atoms with Crippen molar-refractivity contribution < 1.29 is 9.53 Å². The molecule has 2 aromatic carbocycles. The Bertz CT molecular complexity index is 1350. The molecule has 2 aromatic heterocycles. The molecule has 0 aliphatic rings. The third-order valence-corrected chi connectivity index (χ3v) is 5.73. The Morgan fingerprint density at radius 1 is 1.16 bits per heavy atom. The van der Waals surface area contributed by atoms with Gasteiger partial charge in [0.15, 0.2) is 4.77 Å². The molecule has 1 amide bonds. The van der Waals surface area contributed by atoms with E-state index in [0.29, 0.717) is 40.9 Å². The summed E-state index contributed by atoms with van der Waals surface area (Å²) in [5.74, 6) is 0.644. The van der Waals surface area contributed by atoms with E-state index in [9.17, 15) is 9.59 Å². The number of fused-ring (bicyclic) bond motifs is 3. The first-order valence-corrected chi connectivity index (χ1v) is 10.6. The zero-order chi connectivity index (χ0) is 22.0. The van der Waals surface area contributed by atoms with Crippen LogP contribution >= 0.6 is 12.2 Å². The van der Waals surface area contributed by atoms with E-state index in [1.54, 1.807) is 7.11 Å². The molecule has 160 valence electrons. The topological polar surface area (TPSA) is 91.9 Å². The molecule has 1 unspecified atom stereocenters. The van der Waals surface area contributed by atoms with Crippen LogP contribution in [0.2, 0.25) is 0 Å². The summed E-state index contributed by atoms with van der Waals surface area (Å²) in [5.41, 5.74) is 2.79. The van der Waals surface area contributed by atoms with Crippen LogP contribution < -0.4 is 15.6 Å². The zero-order valence-electron chi connectivity index (χ0n) is 17.4. The molecule has 7 nitrogen and oxygen atoms in total. The largest absolute Gasteiger partial charge is 0.497 e. The number of ether oxygens (including phenoxy) is 1. The van der Waals surface area contributed by atoms with Crippen molar-refractivity contribution in [2.45, 2.75) is 32.4 Å². The van der Waals surface area contributed by atoms with Gasteiger partial charge in [-0.1, -0.05) is 30.3 Å². The molecule has 0 fully saturated rings.